The molecule has 29 heavy (non-hydrogen) atoms. The van der Waals surface area contributed by atoms with Gasteiger partial charge in [-0.3, -0.25) is 4.79 Å². The minimum Gasteiger partial charge on any atom is -0.337 e. The van der Waals surface area contributed by atoms with Gasteiger partial charge >= 0.3 is 0 Å². The summed E-state index contributed by atoms with van der Waals surface area (Å²) in [7, 11) is 1.13. The lowest BCUT2D eigenvalue weighted by atomic mass is 9.98. The summed E-state index contributed by atoms with van der Waals surface area (Å²) < 4.78 is 32.6. The van der Waals surface area contributed by atoms with E-state index in [2.05, 4.69) is 10.1 Å². The summed E-state index contributed by atoms with van der Waals surface area (Å²) in [6, 6.07) is 7.77. The Morgan fingerprint density at radius 2 is 1.93 bits per heavy atom. The Morgan fingerprint density at radius 3 is 2.59 bits per heavy atom. The standard InChI is InChI=1S/C19H27N5O4S/c1-14-7-9-15(10-8-14)18-20-17(28-21-18)13-23(4)19(25)16-6-5-11-24(12-16)29(26,27)22(2)3/h7-10,16H,5-6,11-13H2,1-4H3. The van der Waals surface area contributed by atoms with Gasteiger partial charge in [-0.05, 0) is 19.8 Å². The van der Waals surface area contributed by atoms with E-state index in [1.165, 1.54) is 27.6 Å². The van der Waals surface area contributed by atoms with Crippen LogP contribution in [-0.2, 0) is 21.5 Å². The van der Waals surface area contributed by atoms with Gasteiger partial charge in [0, 0.05) is 39.8 Å². The Bertz CT molecular complexity index is 955. The van der Waals surface area contributed by atoms with Crippen molar-refractivity contribution in [3.63, 3.8) is 0 Å². The van der Waals surface area contributed by atoms with E-state index in [0.29, 0.717) is 31.1 Å². The van der Waals surface area contributed by atoms with Crippen molar-refractivity contribution >= 4 is 16.1 Å². The smallest absolute Gasteiger partial charge is 0.281 e. The van der Waals surface area contributed by atoms with Crippen molar-refractivity contribution in [3.05, 3.63) is 35.7 Å². The maximum atomic E-state index is 12.9. The van der Waals surface area contributed by atoms with Crippen LogP contribution in [0.3, 0.4) is 0 Å². The highest BCUT2D eigenvalue weighted by atomic mass is 32.2. The molecule has 0 bridgehead atoms. The quantitative estimate of drug-likeness (QED) is 0.701. The number of hydrogen-bond acceptors (Lipinski definition) is 6. The molecule has 1 aliphatic rings. The van der Waals surface area contributed by atoms with Crippen LogP contribution < -0.4 is 0 Å². The SMILES string of the molecule is Cc1ccc(-c2noc(CN(C)C(=O)C3CCCN(S(=O)(=O)N(C)C)C3)n2)cc1. The zero-order valence-electron chi connectivity index (χ0n) is 17.2. The number of carbonyl (C=O) groups is 1. The van der Waals surface area contributed by atoms with Crippen molar-refractivity contribution in [1.82, 2.24) is 23.7 Å². The third-order valence-electron chi connectivity index (χ3n) is 5.05. The number of rotatable bonds is 6. The molecule has 0 spiro atoms. The predicted molar refractivity (Wildman–Crippen MR) is 108 cm³/mol. The van der Waals surface area contributed by atoms with Crippen molar-refractivity contribution in [2.24, 2.45) is 5.92 Å². The second kappa shape index (κ2) is 8.60. The molecule has 1 atom stereocenters. The minimum atomic E-state index is -3.53. The fraction of sp³-hybridized carbons (Fsp3) is 0.526. The molecule has 1 unspecified atom stereocenters. The first-order valence-electron chi connectivity index (χ1n) is 9.50. The van der Waals surface area contributed by atoms with Gasteiger partial charge in [-0.25, -0.2) is 0 Å². The van der Waals surface area contributed by atoms with Crippen LogP contribution in [0.2, 0.25) is 0 Å². The van der Waals surface area contributed by atoms with E-state index in [0.717, 1.165) is 11.1 Å². The molecule has 2 aromatic rings. The van der Waals surface area contributed by atoms with E-state index in [1.807, 2.05) is 31.2 Å². The average Bonchev–Trinajstić information content (AvgIpc) is 3.16. The van der Waals surface area contributed by atoms with Crippen molar-refractivity contribution in [2.75, 3.05) is 34.2 Å². The molecular formula is C19H27N5O4S. The highest BCUT2D eigenvalue weighted by Crippen LogP contribution is 2.23. The molecule has 3 rings (SSSR count). The molecule has 9 nitrogen and oxygen atoms in total. The molecule has 1 aromatic heterocycles. The van der Waals surface area contributed by atoms with Crippen LogP contribution in [0.25, 0.3) is 11.4 Å². The van der Waals surface area contributed by atoms with Gasteiger partial charge in [-0.1, -0.05) is 35.0 Å². The van der Waals surface area contributed by atoms with Gasteiger partial charge in [0.1, 0.15) is 0 Å². The molecule has 0 N–H and O–H groups in total. The van der Waals surface area contributed by atoms with Gasteiger partial charge in [-0.15, -0.1) is 0 Å². The van der Waals surface area contributed by atoms with Crippen LogP contribution in [0, 0.1) is 12.8 Å². The van der Waals surface area contributed by atoms with Crippen LogP contribution in [0.5, 0.6) is 0 Å². The maximum Gasteiger partial charge on any atom is 0.281 e. The summed E-state index contributed by atoms with van der Waals surface area (Å²) >= 11 is 0. The number of hydrogen-bond donors (Lipinski definition) is 0. The van der Waals surface area contributed by atoms with Gasteiger partial charge in [-0.2, -0.15) is 22.0 Å². The van der Waals surface area contributed by atoms with Crippen molar-refractivity contribution in [3.8, 4) is 11.4 Å². The maximum absolute atomic E-state index is 12.9. The summed E-state index contributed by atoms with van der Waals surface area (Å²) in [4.78, 5) is 18.7. The lowest BCUT2D eigenvalue weighted by Crippen LogP contribution is -2.49. The Kier molecular flexibility index (Phi) is 6.35. The Labute approximate surface area is 171 Å². The van der Waals surface area contributed by atoms with E-state index >= 15 is 0 Å². The second-order valence-electron chi connectivity index (χ2n) is 7.56. The first-order chi connectivity index (χ1) is 13.7. The number of aromatic nitrogens is 2. The van der Waals surface area contributed by atoms with Gasteiger partial charge < -0.3 is 9.42 Å². The number of amides is 1. The molecule has 0 aliphatic carbocycles. The van der Waals surface area contributed by atoms with E-state index in [1.54, 1.807) is 7.05 Å². The summed E-state index contributed by atoms with van der Waals surface area (Å²) in [5.41, 5.74) is 1.98. The largest absolute Gasteiger partial charge is 0.337 e. The van der Waals surface area contributed by atoms with Crippen molar-refractivity contribution < 1.29 is 17.7 Å². The zero-order chi connectivity index (χ0) is 21.2. The van der Waals surface area contributed by atoms with E-state index in [-0.39, 0.29) is 24.9 Å². The van der Waals surface area contributed by atoms with E-state index in [4.69, 9.17) is 4.52 Å². The van der Waals surface area contributed by atoms with Crippen molar-refractivity contribution in [1.29, 1.82) is 0 Å². The van der Waals surface area contributed by atoms with Crippen LogP contribution in [0.1, 0.15) is 24.3 Å². The summed E-state index contributed by atoms with van der Waals surface area (Å²) in [5, 5.41) is 3.99. The van der Waals surface area contributed by atoms with Crippen LogP contribution in [-0.4, -0.2) is 72.2 Å². The topological polar surface area (TPSA) is 99.8 Å². The zero-order valence-corrected chi connectivity index (χ0v) is 18.0. The van der Waals surface area contributed by atoms with Gasteiger partial charge in [0.25, 0.3) is 10.2 Å². The third kappa shape index (κ3) is 4.82. The van der Waals surface area contributed by atoms with Crippen LogP contribution in [0.4, 0.5) is 0 Å². The van der Waals surface area contributed by atoms with Crippen molar-refractivity contribution in [2.45, 2.75) is 26.3 Å². The Hall–Kier alpha value is -2.30. The summed E-state index contributed by atoms with van der Waals surface area (Å²) in [6.45, 7) is 2.79. The Morgan fingerprint density at radius 1 is 1.24 bits per heavy atom. The molecule has 0 radical (unpaired) electrons. The molecule has 1 aliphatic heterocycles. The summed E-state index contributed by atoms with van der Waals surface area (Å²) in [5.74, 6) is 0.300. The molecule has 1 fully saturated rings. The fourth-order valence-electron chi connectivity index (χ4n) is 3.32. The molecule has 0 saturated carbocycles. The fourth-order valence-corrected chi connectivity index (χ4v) is 4.51. The van der Waals surface area contributed by atoms with Crippen LogP contribution in [0.15, 0.2) is 28.8 Å². The lowest BCUT2D eigenvalue weighted by molar-refractivity contribution is -0.136. The van der Waals surface area contributed by atoms with Crippen LogP contribution >= 0.6 is 0 Å². The molecule has 1 saturated heterocycles. The lowest BCUT2D eigenvalue weighted by Gasteiger charge is -2.34. The average molecular weight is 422 g/mol. The first-order valence-corrected chi connectivity index (χ1v) is 10.9. The van der Waals surface area contributed by atoms with E-state index in [9.17, 15) is 13.2 Å². The number of carbonyl (C=O) groups excluding carboxylic acids is 1. The molecule has 158 valence electrons. The number of nitrogens with zero attached hydrogens (tertiary/aromatic N) is 5. The number of piperidine rings is 1. The molecular weight excluding hydrogens is 394 g/mol. The minimum absolute atomic E-state index is 0.126. The molecule has 2 heterocycles. The predicted octanol–water partition coefficient (Wildman–Crippen LogP) is 1.52. The molecule has 1 aromatic carbocycles. The molecule has 10 heteroatoms. The normalized spacial score (nSPS) is 18.2. The number of benzene rings is 1. The van der Waals surface area contributed by atoms with E-state index < -0.39 is 10.2 Å². The summed E-state index contributed by atoms with van der Waals surface area (Å²) in [6.07, 6.45) is 1.30. The van der Waals surface area contributed by atoms with Gasteiger partial charge in [0.05, 0.1) is 12.5 Å². The number of aryl methyl sites for hydroxylation is 1. The Balaban J connectivity index is 1.64. The molecule has 1 amide bonds. The highest BCUT2D eigenvalue weighted by Gasteiger charge is 2.34. The third-order valence-corrected chi connectivity index (χ3v) is 6.95. The van der Waals surface area contributed by atoms with Gasteiger partial charge in [0.15, 0.2) is 0 Å². The first kappa shape index (κ1) is 21.4. The highest BCUT2D eigenvalue weighted by molar-refractivity contribution is 7.86. The monoisotopic (exact) mass is 421 g/mol. The second-order valence-corrected chi connectivity index (χ2v) is 9.70. The van der Waals surface area contributed by atoms with Gasteiger partial charge in [0.2, 0.25) is 17.6 Å².